The number of aliphatic carboxylic acids is 1. The van der Waals surface area contributed by atoms with Gasteiger partial charge in [-0.25, -0.2) is 0 Å². The smallest absolute Gasteiger partial charge is 0.303 e. The van der Waals surface area contributed by atoms with Gasteiger partial charge in [0.25, 0.3) is 0 Å². The monoisotopic (exact) mass is 512 g/mol. The van der Waals surface area contributed by atoms with Crippen LogP contribution in [0.3, 0.4) is 0 Å². The predicted molar refractivity (Wildman–Crippen MR) is 151 cm³/mol. The van der Waals surface area contributed by atoms with Crippen molar-refractivity contribution in [2.45, 2.75) is 107 Å². The molecule has 1 aliphatic rings. The third-order valence-corrected chi connectivity index (χ3v) is 6.74. The highest BCUT2D eigenvalue weighted by Crippen LogP contribution is 2.33. The molecule has 1 aromatic carbocycles. The lowest BCUT2D eigenvalue weighted by atomic mass is 10.1. The highest BCUT2D eigenvalue weighted by Gasteiger charge is 2.14. The van der Waals surface area contributed by atoms with E-state index >= 15 is 0 Å². The number of nitrogens with one attached hydrogen (secondary N) is 1. The maximum Gasteiger partial charge on any atom is 0.303 e. The molecule has 5 nitrogen and oxygen atoms in total. The molecular formula is C27H48N2O3S2. The quantitative estimate of drug-likeness (QED) is 0.135. The Kier molecular flexibility index (Phi) is 18.4. The molecule has 1 aromatic rings. The van der Waals surface area contributed by atoms with Gasteiger partial charge in [0, 0.05) is 41.5 Å². The zero-order valence-corrected chi connectivity index (χ0v) is 23.3. The number of carboxylic acids is 1. The number of nitrogens with zero attached hydrogens (tertiary/aromatic N) is 1. The zero-order chi connectivity index (χ0) is 25.0. The molecule has 1 aliphatic heterocycles. The predicted octanol–water partition coefficient (Wildman–Crippen LogP) is 7.69. The number of ether oxygens (including phenoxy) is 1. The maximum absolute atomic E-state index is 9.96. The number of unbranched alkanes of at least 4 members (excludes halogenated alkanes) is 10. The third-order valence-electron chi connectivity index (χ3n) is 6.03. The van der Waals surface area contributed by atoms with Crippen molar-refractivity contribution in [3.05, 3.63) is 12.1 Å². The van der Waals surface area contributed by atoms with E-state index < -0.39 is 5.97 Å². The lowest BCUT2D eigenvalue weighted by Crippen LogP contribution is -2.36. The topological polar surface area (TPSA) is 61.8 Å². The van der Waals surface area contributed by atoms with E-state index in [1.807, 2.05) is 0 Å². The molecule has 2 N–H and O–H groups in total. The molecule has 0 aliphatic carbocycles. The molecule has 0 saturated carbocycles. The summed E-state index contributed by atoms with van der Waals surface area (Å²) in [6, 6.07) is 4.29. The number of benzene rings is 1. The van der Waals surface area contributed by atoms with Crippen molar-refractivity contribution >= 4 is 42.6 Å². The van der Waals surface area contributed by atoms with Gasteiger partial charge in [-0.05, 0) is 25.0 Å². The third kappa shape index (κ3) is 14.4. The molecule has 7 heteroatoms. The van der Waals surface area contributed by atoms with E-state index in [0.29, 0.717) is 6.42 Å². The minimum absolute atomic E-state index is 0.333. The van der Waals surface area contributed by atoms with Crippen LogP contribution in [-0.2, 0) is 9.53 Å². The van der Waals surface area contributed by atoms with E-state index in [4.69, 9.17) is 9.84 Å². The molecule has 0 atom stereocenters. The minimum Gasteiger partial charge on any atom is -0.481 e. The summed E-state index contributed by atoms with van der Waals surface area (Å²) in [5.41, 5.74) is 2.25. The van der Waals surface area contributed by atoms with Crippen LogP contribution in [0.4, 0.5) is 11.4 Å². The first-order chi connectivity index (χ1) is 16.5. The summed E-state index contributed by atoms with van der Waals surface area (Å²) >= 11 is 9.36. The van der Waals surface area contributed by atoms with Gasteiger partial charge in [0.05, 0.1) is 18.9 Å². The van der Waals surface area contributed by atoms with Crippen molar-refractivity contribution in [2.75, 3.05) is 43.1 Å². The second-order valence-electron chi connectivity index (χ2n) is 9.06. The highest BCUT2D eigenvalue weighted by atomic mass is 32.1. The van der Waals surface area contributed by atoms with Crippen molar-refractivity contribution in [1.29, 1.82) is 0 Å². The summed E-state index contributed by atoms with van der Waals surface area (Å²) < 4.78 is 5.43. The van der Waals surface area contributed by atoms with Crippen LogP contribution >= 0.6 is 25.3 Å². The lowest BCUT2D eigenvalue weighted by Gasteiger charge is -2.29. The van der Waals surface area contributed by atoms with E-state index in [1.54, 1.807) is 0 Å². The Hall–Kier alpha value is -1.05. The van der Waals surface area contributed by atoms with Crippen LogP contribution in [0.5, 0.6) is 0 Å². The van der Waals surface area contributed by atoms with Crippen molar-refractivity contribution in [3.63, 3.8) is 0 Å². The molecule has 1 fully saturated rings. The highest BCUT2D eigenvalue weighted by molar-refractivity contribution is 7.81. The van der Waals surface area contributed by atoms with Crippen molar-refractivity contribution in [1.82, 2.24) is 0 Å². The maximum atomic E-state index is 9.96. The van der Waals surface area contributed by atoms with Crippen molar-refractivity contribution in [3.8, 4) is 0 Å². The van der Waals surface area contributed by atoms with Gasteiger partial charge in [-0.15, -0.1) is 25.3 Å². The number of morpholine rings is 1. The van der Waals surface area contributed by atoms with Crippen LogP contribution in [0.15, 0.2) is 21.9 Å². The molecular weight excluding hydrogens is 464 g/mol. The first kappa shape index (κ1) is 31.0. The molecule has 1 saturated heterocycles. The summed E-state index contributed by atoms with van der Waals surface area (Å²) in [5, 5.41) is 11.7. The van der Waals surface area contributed by atoms with Gasteiger partial charge in [-0.1, -0.05) is 78.1 Å². The molecule has 2 rings (SSSR count). The Balaban J connectivity index is 0.000000546. The lowest BCUT2D eigenvalue weighted by molar-refractivity contribution is -0.137. The van der Waals surface area contributed by atoms with Crippen LogP contribution in [0.2, 0.25) is 0 Å². The van der Waals surface area contributed by atoms with Crippen LogP contribution in [-0.4, -0.2) is 43.9 Å². The van der Waals surface area contributed by atoms with Crippen LogP contribution < -0.4 is 10.2 Å². The Morgan fingerprint density at radius 3 is 1.91 bits per heavy atom. The first-order valence-electron chi connectivity index (χ1n) is 13.3. The van der Waals surface area contributed by atoms with Crippen LogP contribution in [0.25, 0.3) is 0 Å². The fourth-order valence-corrected chi connectivity index (χ4v) is 4.71. The Labute approximate surface area is 219 Å². The van der Waals surface area contributed by atoms with Gasteiger partial charge in [0.2, 0.25) is 0 Å². The molecule has 34 heavy (non-hydrogen) atoms. The van der Waals surface area contributed by atoms with Gasteiger partial charge in [0.15, 0.2) is 0 Å². The summed E-state index contributed by atoms with van der Waals surface area (Å²) in [4.78, 5) is 14.3. The number of anilines is 2. The molecule has 0 aromatic heterocycles. The second-order valence-corrected chi connectivity index (χ2v) is 10.0. The normalized spacial score (nSPS) is 13.4. The SMILES string of the molecule is CCCCCCC(=O)O.CCCCCCCCCCNc1c(S)cc(N2CCOCC2)cc1S. The number of carboxylic acid groups (broad SMARTS) is 1. The van der Waals surface area contributed by atoms with Gasteiger partial charge < -0.3 is 20.1 Å². The van der Waals surface area contributed by atoms with E-state index in [-0.39, 0.29) is 0 Å². The zero-order valence-electron chi connectivity index (χ0n) is 21.5. The fraction of sp³-hybridized carbons (Fsp3) is 0.741. The van der Waals surface area contributed by atoms with Crippen molar-refractivity contribution < 1.29 is 14.6 Å². The number of hydrogen-bond acceptors (Lipinski definition) is 6. The minimum atomic E-state index is -0.675. The summed E-state index contributed by atoms with van der Waals surface area (Å²) in [7, 11) is 0. The second kappa shape index (κ2) is 20.2. The molecule has 0 radical (unpaired) electrons. The number of rotatable bonds is 16. The molecule has 0 unspecified atom stereocenters. The van der Waals surface area contributed by atoms with Gasteiger partial charge in [-0.2, -0.15) is 0 Å². The Morgan fingerprint density at radius 1 is 0.882 bits per heavy atom. The van der Waals surface area contributed by atoms with Crippen LogP contribution in [0.1, 0.15) is 97.3 Å². The summed E-state index contributed by atoms with van der Waals surface area (Å²) in [6.07, 6.45) is 15.3. The Bertz CT molecular complexity index is 644. The largest absolute Gasteiger partial charge is 0.481 e. The first-order valence-corrected chi connectivity index (χ1v) is 14.2. The average Bonchev–Trinajstić information content (AvgIpc) is 2.83. The molecule has 1 heterocycles. The molecule has 196 valence electrons. The van der Waals surface area contributed by atoms with E-state index in [9.17, 15) is 4.79 Å². The van der Waals surface area contributed by atoms with Gasteiger partial charge in [0.1, 0.15) is 0 Å². The number of carbonyl (C=O) groups is 1. The number of thiol groups is 2. The fourth-order valence-electron chi connectivity index (χ4n) is 3.96. The summed E-state index contributed by atoms with van der Waals surface area (Å²) in [5.74, 6) is -0.675. The standard InChI is InChI=1S/C20H34N2OS2.C7H14O2/c1-2-3-4-5-6-7-8-9-10-21-20-18(24)15-17(16-19(20)25)22-11-13-23-14-12-22;1-2-3-4-5-6-7(8)9/h15-16,21,24-25H,2-14H2,1H3;2-6H2,1H3,(H,8,9). The van der Waals surface area contributed by atoms with Crippen molar-refractivity contribution in [2.24, 2.45) is 0 Å². The van der Waals surface area contributed by atoms with E-state index in [1.165, 1.54) is 63.5 Å². The van der Waals surface area contributed by atoms with E-state index in [2.05, 4.69) is 61.5 Å². The summed E-state index contributed by atoms with van der Waals surface area (Å²) in [6.45, 7) is 8.83. The molecule has 0 bridgehead atoms. The van der Waals surface area contributed by atoms with Crippen LogP contribution in [0, 0.1) is 0 Å². The Morgan fingerprint density at radius 2 is 1.38 bits per heavy atom. The average molecular weight is 513 g/mol. The van der Waals surface area contributed by atoms with Gasteiger partial charge in [-0.3, -0.25) is 4.79 Å². The molecule has 0 spiro atoms. The molecule has 0 amide bonds. The van der Waals surface area contributed by atoms with E-state index in [0.717, 1.165) is 67.6 Å². The van der Waals surface area contributed by atoms with Gasteiger partial charge >= 0.3 is 5.97 Å². The number of hydrogen-bond donors (Lipinski definition) is 4.